The van der Waals surface area contributed by atoms with E-state index in [1.165, 1.54) is 58.1 Å². The summed E-state index contributed by atoms with van der Waals surface area (Å²) in [5.41, 5.74) is 3.03. The van der Waals surface area contributed by atoms with Crippen molar-refractivity contribution in [1.82, 2.24) is 29.8 Å². The first-order chi connectivity index (χ1) is 13.1. The van der Waals surface area contributed by atoms with E-state index in [2.05, 4.69) is 25.3 Å². The van der Waals surface area contributed by atoms with E-state index in [1.54, 1.807) is 4.52 Å². The number of rotatable bonds is 9. The highest BCUT2D eigenvalue weighted by molar-refractivity contribution is 5.76. The SMILES string of the molecule is Cc1nc2ncnn2c(C)c1CCC(=O)NCCCCCN1CCCCC1. The molecule has 0 radical (unpaired) electrons. The van der Waals surface area contributed by atoms with Gasteiger partial charge in [-0.05, 0) is 71.1 Å². The first-order valence-electron chi connectivity index (χ1n) is 10.3. The quantitative estimate of drug-likeness (QED) is 0.684. The van der Waals surface area contributed by atoms with Crippen molar-refractivity contribution in [1.29, 1.82) is 0 Å². The van der Waals surface area contributed by atoms with Crippen molar-refractivity contribution in [3.05, 3.63) is 23.3 Å². The minimum atomic E-state index is 0.114. The average Bonchev–Trinajstić information content (AvgIpc) is 3.13. The van der Waals surface area contributed by atoms with Gasteiger partial charge in [-0.15, -0.1) is 0 Å². The molecule has 1 aliphatic rings. The summed E-state index contributed by atoms with van der Waals surface area (Å²) in [7, 11) is 0. The molecule has 7 heteroatoms. The van der Waals surface area contributed by atoms with E-state index in [0.717, 1.165) is 29.9 Å². The first kappa shape index (κ1) is 19.7. The smallest absolute Gasteiger partial charge is 0.252 e. The summed E-state index contributed by atoms with van der Waals surface area (Å²) in [4.78, 5) is 23.3. The van der Waals surface area contributed by atoms with Gasteiger partial charge in [0.25, 0.3) is 5.78 Å². The number of nitrogens with zero attached hydrogens (tertiary/aromatic N) is 5. The highest BCUT2D eigenvalue weighted by Gasteiger charge is 2.12. The molecule has 1 N–H and O–H groups in total. The van der Waals surface area contributed by atoms with Crippen LogP contribution in [0.3, 0.4) is 0 Å². The van der Waals surface area contributed by atoms with Crippen LogP contribution in [0.2, 0.25) is 0 Å². The molecule has 148 valence electrons. The van der Waals surface area contributed by atoms with Crippen molar-refractivity contribution in [2.45, 2.75) is 65.2 Å². The molecule has 0 saturated carbocycles. The maximum atomic E-state index is 12.2. The summed E-state index contributed by atoms with van der Waals surface area (Å²) in [6, 6.07) is 0. The summed E-state index contributed by atoms with van der Waals surface area (Å²) in [6.07, 6.45) is 10.3. The van der Waals surface area contributed by atoms with Gasteiger partial charge in [0.1, 0.15) is 6.33 Å². The number of likely N-dealkylation sites (tertiary alicyclic amines) is 1. The first-order valence-corrected chi connectivity index (χ1v) is 10.3. The van der Waals surface area contributed by atoms with E-state index in [4.69, 9.17) is 0 Å². The third-order valence-electron chi connectivity index (χ3n) is 5.51. The van der Waals surface area contributed by atoms with Gasteiger partial charge in [-0.25, -0.2) is 9.50 Å². The number of nitrogens with one attached hydrogen (secondary N) is 1. The predicted molar refractivity (Wildman–Crippen MR) is 106 cm³/mol. The molecule has 0 spiro atoms. The molecule has 0 unspecified atom stereocenters. The summed E-state index contributed by atoms with van der Waals surface area (Å²) >= 11 is 0. The molecule has 1 saturated heterocycles. The van der Waals surface area contributed by atoms with Crippen LogP contribution in [-0.4, -0.2) is 56.6 Å². The molecule has 0 bridgehead atoms. The van der Waals surface area contributed by atoms with Crippen LogP contribution in [0.15, 0.2) is 6.33 Å². The third-order valence-corrected chi connectivity index (χ3v) is 5.51. The van der Waals surface area contributed by atoms with E-state index in [9.17, 15) is 4.79 Å². The van der Waals surface area contributed by atoms with Gasteiger partial charge in [-0.1, -0.05) is 12.8 Å². The fourth-order valence-electron chi connectivity index (χ4n) is 3.89. The maximum Gasteiger partial charge on any atom is 0.252 e. The molecule has 2 aromatic rings. The van der Waals surface area contributed by atoms with Crippen molar-refractivity contribution < 1.29 is 4.79 Å². The Bertz CT molecular complexity index is 750. The van der Waals surface area contributed by atoms with Crippen LogP contribution >= 0.6 is 0 Å². The number of unbranched alkanes of at least 4 members (excludes halogenated alkanes) is 2. The van der Waals surface area contributed by atoms with Gasteiger partial charge in [-0.3, -0.25) is 4.79 Å². The normalized spacial score (nSPS) is 15.3. The number of aromatic nitrogens is 4. The summed E-state index contributed by atoms with van der Waals surface area (Å²) in [5.74, 6) is 0.728. The number of carbonyl (C=O) groups excluding carboxylic acids is 1. The Morgan fingerprint density at radius 3 is 2.78 bits per heavy atom. The lowest BCUT2D eigenvalue weighted by molar-refractivity contribution is -0.121. The van der Waals surface area contributed by atoms with Crippen LogP contribution in [0.5, 0.6) is 0 Å². The van der Waals surface area contributed by atoms with Crippen molar-refractivity contribution in [3.8, 4) is 0 Å². The van der Waals surface area contributed by atoms with E-state index in [-0.39, 0.29) is 5.91 Å². The molecule has 3 rings (SSSR count). The molecular weight excluding hydrogens is 340 g/mol. The minimum absolute atomic E-state index is 0.114. The number of piperidine rings is 1. The zero-order chi connectivity index (χ0) is 19.1. The lowest BCUT2D eigenvalue weighted by atomic mass is 10.1. The molecule has 1 fully saturated rings. The van der Waals surface area contributed by atoms with E-state index < -0.39 is 0 Å². The highest BCUT2D eigenvalue weighted by atomic mass is 16.1. The van der Waals surface area contributed by atoms with Crippen molar-refractivity contribution in [2.24, 2.45) is 0 Å². The highest BCUT2D eigenvalue weighted by Crippen LogP contribution is 2.15. The fraction of sp³-hybridized carbons (Fsp3) is 0.700. The van der Waals surface area contributed by atoms with Gasteiger partial charge in [0, 0.05) is 24.4 Å². The Hall–Kier alpha value is -2.02. The van der Waals surface area contributed by atoms with Crippen LogP contribution < -0.4 is 5.32 Å². The van der Waals surface area contributed by atoms with E-state index >= 15 is 0 Å². The summed E-state index contributed by atoms with van der Waals surface area (Å²) in [5, 5.41) is 7.25. The van der Waals surface area contributed by atoms with Gasteiger partial charge < -0.3 is 10.2 Å². The number of carbonyl (C=O) groups is 1. The molecule has 0 aromatic carbocycles. The van der Waals surface area contributed by atoms with Gasteiger partial charge in [0.05, 0.1) is 0 Å². The zero-order valence-corrected chi connectivity index (χ0v) is 16.7. The van der Waals surface area contributed by atoms with Crippen LogP contribution in [-0.2, 0) is 11.2 Å². The second kappa shape index (κ2) is 9.78. The number of amides is 1. The molecule has 1 amide bonds. The average molecular weight is 373 g/mol. The molecule has 1 aliphatic heterocycles. The standard InChI is InChI=1S/C20H32N6O/c1-16-18(17(2)26-20(24-16)22-15-23-26)9-10-19(27)21-11-5-3-6-12-25-13-7-4-8-14-25/h15H,3-14H2,1-2H3,(H,21,27). The van der Waals surface area contributed by atoms with Gasteiger partial charge in [0.2, 0.25) is 5.91 Å². The number of fused-ring (bicyclic) bond motifs is 1. The second-order valence-electron chi connectivity index (χ2n) is 7.55. The topological polar surface area (TPSA) is 75.4 Å². The Morgan fingerprint density at radius 2 is 1.96 bits per heavy atom. The van der Waals surface area contributed by atoms with Gasteiger partial charge in [-0.2, -0.15) is 10.1 Å². The van der Waals surface area contributed by atoms with Crippen LogP contribution in [0, 0.1) is 13.8 Å². The van der Waals surface area contributed by atoms with E-state index in [0.29, 0.717) is 18.6 Å². The molecule has 0 aliphatic carbocycles. The monoisotopic (exact) mass is 372 g/mol. The molecule has 27 heavy (non-hydrogen) atoms. The Kier molecular flexibility index (Phi) is 7.15. The molecule has 2 aromatic heterocycles. The molecule has 3 heterocycles. The maximum absolute atomic E-state index is 12.2. The van der Waals surface area contributed by atoms with Crippen molar-refractivity contribution in [2.75, 3.05) is 26.2 Å². The van der Waals surface area contributed by atoms with Crippen LogP contribution in [0.1, 0.15) is 61.9 Å². The van der Waals surface area contributed by atoms with Crippen molar-refractivity contribution >= 4 is 11.7 Å². The minimum Gasteiger partial charge on any atom is -0.356 e. The lowest BCUT2D eigenvalue weighted by Gasteiger charge is -2.26. The Morgan fingerprint density at radius 1 is 1.15 bits per heavy atom. The lowest BCUT2D eigenvalue weighted by Crippen LogP contribution is -2.30. The summed E-state index contributed by atoms with van der Waals surface area (Å²) < 4.78 is 1.74. The fourth-order valence-corrected chi connectivity index (χ4v) is 3.89. The van der Waals surface area contributed by atoms with Gasteiger partial charge in [0.15, 0.2) is 0 Å². The zero-order valence-electron chi connectivity index (χ0n) is 16.7. The number of hydrogen-bond acceptors (Lipinski definition) is 5. The van der Waals surface area contributed by atoms with Crippen LogP contribution in [0.4, 0.5) is 0 Å². The number of hydrogen-bond donors (Lipinski definition) is 1. The second-order valence-corrected chi connectivity index (χ2v) is 7.55. The molecule has 7 nitrogen and oxygen atoms in total. The van der Waals surface area contributed by atoms with E-state index in [1.807, 2.05) is 13.8 Å². The Balaban J connectivity index is 1.33. The predicted octanol–water partition coefficient (Wildman–Crippen LogP) is 2.45. The Labute approximate surface area is 161 Å². The number of aryl methyl sites for hydroxylation is 2. The largest absolute Gasteiger partial charge is 0.356 e. The summed E-state index contributed by atoms with van der Waals surface area (Å²) in [6.45, 7) is 8.50. The van der Waals surface area contributed by atoms with Crippen LogP contribution in [0.25, 0.3) is 5.78 Å². The van der Waals surface area contributed by atoms with Crippen molar-refractivity contribution in [3.63, 3.8) is 0 Å². The third kappa shape index (κ3) is 5.48. The molecular formula is C20H32N6O. The molecule has 0 atom stereocenters. The van der Waals surface area contributed by atoms with Gasteiger partial charge >= 0.3 is 0 Å².